The second-order valence-corrected chi connectivity index (χ2v) is 2.25. The molecule has 0 aromatic rings. The molecule has 0 aromatic carbocycles. The van der Waals surface area contributed by atoms with Crippen molar-refractivity contribution in [3.63, 3.8) is 0 Å². The summed E-state index contributed by atoms with van der Waals surface area (Å²) in [6.07, 6.45) is 0.00398. The number of Topliss-reactive ketones (excluding diaryl/α,β-unsaturated/α-hetero) is 1. The first-order valence-electron chi connectivity index (χ1n) is 3.93. The van der Waals surface area contributed by atoms with E-state index in [1.807, 2.05) is 13.8 Å². The fourth-order valence-corrected chi connectivity index (χ4v) is 0.772. The average Bonchev–Trinajstić information content (AvgIpc) is 1.87. The van der Waals surface area contributed by atoms with Gasteiger partial charge in [0.05, 0.1) is 6.42 Å². The van der Waals surface area contributed by atoms with E-state index < -0.39 is 0 Å². The van der Waals surface area contributed by atoms with Crippen molar-refractivity contribution in [2.75, 3.05) is 13.2 Å². The van der Waals surface area contributed by atoms with Gasteiger partial charge in [-0.3, -0.25) is 4.79 Å². The Morgan fingerprint density at radius 2 is 1.73 bits per heavy atom. The molecule has 3 nitrogen and oxygen atoms in total. The summed E-state index contributed by atoms with van der Waals surface area (Å²) in [6.45, 7) is 6.46. The van der Waals surface area contributed by atoms with Crippen LogP contribution in [0.25, 0.3) is 0 Å². The molecule has 0 N–H and O–H groups in total. The molecule has 0 aliphatic heterocycles. The lowest BCUT2D eigenvalue weighted by Crippen LogP contribution is -2.20. The van der Waals surface area contributed by atoms with Crippen LogP contribution in [0.5, 0.6) is 0 Å². The molecule has 0 unspecified atom stereocenters. The van der Waals surface area contributed by atoms with Crippen LogP contribution in [0.1, 0.15) is 27.2 Å². The molecule has 0 atom stereocenters. The normalized spacial score (nSPS) is 10.5. The Kier molecular flexibility index (Phi) is 6.07. The summed E-state index contributed by atoms with van der Waals surface area (Å²) in [5.41, 5.74) is 0. The zero-order valence-electron chi connectivity index (χ0n) is 7.42. The van der Waals surface area contributed by atoms with Crippen molar-refractivity contribution in [2.45, 2.75) is 33.5 Å². The predicted molar refractivity (Wildman–Crippen MR) is 42.3 cm³/mol. The van der Waals surface area contributed by atoms with E-state index in [9.17, 15) is 4.79 Å². The van der Waals surface area contributed by atoms with Crippen molar-refractivity contribution >= 4 is 5.78 Å². The molecule has 0 rings (SSSR count). The molecule has 0 aliphatic carbocycles. The minimum Gasteiger partial charge on any atom is -0.352 e. The van der Waals surface area contributed by atoms with E-state index in [0.717, 1.165) is 0 Å². The molecule has 3 heteroatoms. The smallest absolute Gasteiger partial charge is 0.164 e. The van der Waals surface area contributed by atoms with Crippen molar-refractivity contribution in [1.29, 1.82) is 0 Å². The van der Waals surface area contributed by atoms with Gasteiger partial charge in [0.2, 0.25) is 0 Å². The van der Waals surface area contributed by atoms with Gasteiger partial charge in [-0.2, -0.15) is 0 Å². The van der Waals surface area contributed by atoms with Gasteiger partial charge in [-0.25, -0.2) is 0 Å². The number of hydrogen-bond donors (Lipinski definition) is 0. The first-order valence-corrected chi connectivity index (χ1v) is 3.93. The van der Waals surface area contributed by atoms with Gasteiger partial charge in [-0.1, -0.05) is 0 Å². The molecular formula is C8H16O3. The van der Waals surface area contributed by atoms with Crippen molar-refractivity contribution in [1.82, 2.24) is 0 Å². The van der Waals surface area contributed by atoms with Gasteiger partial charge in [-0.05, 0) is 20.8 Å². The van der Waals surface area contributed by atoms with Gasteiger partial charge < -0.3 is 9.47 Å². The monoisotopic (exact) mass is 161 g/mol. The molecule has 0 saturated carbocycles. The van der Waals surface area contributed by atoms with E-state index >= 15 is 0 Å². The topological polar surface area (TPSA) is 35.5 Å². The average molecular weight is 161 g/mol. The lowest BCUT2D eigenvalue weighted by atomic mass is 10.4. The molecule has 66 valence electrons. The second kappa shape index (κ2) is 6.31. The fourth-order valence-electron chi connectivity index (χ4n) is 0.772. The number of carbonyl (C=O) groups excluding carboxylic acids is 1. The largest absolute Gasteiger partial charge is 0.352 e. The van der Waals surface area contributed by atoms with E-state index in [4.69, 9.17) is 9.47 Å². The van der Waals surface area contributed by atoms with Crippen molar-refractivity contribution in [3.05, 3.63) is 0 Å². The van der Waals surface area contributed by atoms with Crippen LogP contribution in [-0.4, -0.2) is 25.3 Å². The van der Waals surface area contributed by atoms with Crippen LogP contribution in [0.15, 0.2) is 0 Å². The van der Waals surface area contributed by atoms with E-state index in [1.165, 1.54) is 6.92 Å². The summed E-state index contributed by atoms with van der Waals surface area (Å²) < 4.78 is 10.3. The van der Waals surface area contributed by atoms with Crippen molar-refractivity contribution < 1.29 is 14.3 Å². The Morgan fingerprint density at radius 3 is 2.00 bits per heavy atom. The Bertz CT molecular complexity index is 106. The summed E-state index contributed by atoms with van der Waals surface area (Å²) >= 11 is 0. The molecule has 0 fully saturated rings. The molecule has 0 amide bonds. The van der Waals surface area contributed by atoms with Gasteiger partial charge in [0.1, 0.15) is 5.78 Å². The number of carbonyl (C=O) groups is 1. The van der Waals surface area contributed by atoms with Gasteiger partial charge >= 0.3 is 0 Å². The highest BCUT2D eigenvalue weighted by molar-refractivity contribution is 5.75. The first-order chi connectivity index (χ1) is 5.20. The predicted octanol–water partition coefficient (Wildman–Crippen LogP) is 1.36. The summed E-state index contributed by atoms with van der Waals surface area (Å²) in [6, 6.07) is 0. The molecule has 0 heterocycles. The molecule has 0 radical (unpaired) electrons. The van der Waals surface area contributed by atoms with E-state index in [0.29, 0.717) is 19.6 Å². The van der Waals surface area contributed by atoms with E-state index in [-0.39, 0.29) is 12.1 Å². The first kappa shape index (κ1) is 10.6. The number of ether oxygens (including phenoxy) is 2. The Balaban J connectivity index is 3.59. The molecule has 0 aromatic heterocycles. The van der Waals surface area contributed by atoms with Gasteiger partial charge in [0.15, 0.2) is 6.29 Å². The molecule has 0 bridgehead atoms. The highest BCUT2D eigenvalue weighted by Gasteiger charge is 2.09. The summed E-state index contributed by atoms with van der Waals surface area (Å²) in [5.74, 6) is 0.0944. The molecule has 0 spiro atoms. The van der Waals surface area contributed by atoms with E-state index in [1.54, 1.807) is 0 Å². The Morgan fingerprint density at radius 1 is 1.27 bits per heavy atom. The third-order valence-corrected chi connectivity index (χ3v) is 1.16. The maximum atomic E-state index is 10.6. The summed E-state index contributed by atoms with van der Waals surface area (Å²) in [7, 11) is 0. The lowest BCUT2D eigenvalue weighted by Gasteiger charge is -2.14. The quantitative estimate of drug-likeness (QED) is 0.436. The van der Waals surface area contributed by atoms with Crippen LogP contribution in [0.3, 0.4) is 0 Å². The zero-order valence-corrected chi connectivity index (χ0v) is 7.42. The second-order valence-electron chi connectivity index (χ2n) is 2.25. The third-order valence-electron chi connectivity index (χ3n) is 1.16. The fraction of sp³-hybridized carbons (Fsp3) is 0.875. The minimum absolute atomic E-state index is 0.0944. The Labute approximate surface area is 67.7 Å². The van der Waals surface area contributed by atoms with E-state index in [2.05, 4.69) is 0 Å². The van der Waals surface area contributed by atoms with Crippen molar-refractivity contribution in [3.8, 4) is 0 Å². The molecule has 0 aliphatic rings. The highest BCUT2D eigenvalue weighted by atomic mass is 16.7. The SMILES string of the molecule is CCOC(CC([13CH3])=O)OCC. The minimum atomic E-state index is -0.345. The van der Waals surface area contributed by atoms with Crippen LogP contribution in [0.4, 0.5) is 0 Å². The Hall–Kier alpha value is -0.410. The number of ketones is 1. The molecule has 11 heavy (non-hydrogen) atoms. The third kappa shape index (κ3) is 6.01. The van der Waals surface area contributed by atoms with Crippen LogP contribution in [0, 0.1) is 0 Å². The molecule has 0 saturated heterocycles. The lowest BCUT2D eigenvalue weighted by molar-refractivity contribution is -0.150. The molecular weight excluding hydrogens is 145 g/mol. The van der Waals surface area contributed by atoms with Crippen LogP contribution < -0.4 is 0 Å². The van der Waals surface area contributed by atoms with Gasteiger partial charge in [0, 0.05) is 13.2 Å². The maximum absolute atomic E-state index is 10.6. The van der Waals surface area contributed by atoms with Crippen LogP contribution >= 0.6 is 0 Å². The maximum Gasteiger partial charge on any atom is 0.164 e. The number of hydrogen-bond acceptors (Lipinski definition) is 3. The zero-order chi connectivity index (χ0) is 8.69. The summed E-state index contributed by atoms with van der Waals surface area (Å²) in [5, 5.41) is 0. The van der Waals surface area contributed by atoms with Crippen LogP contribution in [0.2, 0.25) is 0 Å². The number of rotatable bonds is 6. The van der Waals surface area contributed by atoms with Gasteiger partial charge in [0.25, 0.3) is 0 Å². The summed E-state index contributed by atoms with van der Waals surface area (Å²) in [4.78, 5) is 10.6. The standard InChI is InChI=1S/C8H16O3/c1-4-10-8(11-5-2)6-7(3)9/h8H,4-6H2,1-3H3/i3+1. The highest BCUT2D eigenvalue weighted by Crippen LogP contribution is 2.00. The van der Waals surface area contributed by atoms with Crippen molar-refractivity contribution in [2.24, 2.45) is 0 Å². The van der Waals surface area contributed by atoms with Gasteiger partial charge in [-0.15, -0.1) is 0 Å². The van der Waals surface area contributed by atoms with Crippen LogP contribution in [-0.2, 0) is 14.3 Å².